The highest BCUT2D eigenvalue weighted by atomic mass is 35.5. The predicted molar refractivity (Wildman–Crippen MR) is 61.3 cm³/mol. The number of aliphatic hydroxyl groups excluding tert-OH is 1. The summed E-state index contributed by atoms with van der Waals surface area (Å²) in [6, 6.07) is 6.09. The topological polar surface area (TPSA) is 60.8 Å². The number of rotatable bonds is 3. The van der Waals surface area contributed by atoms with Crippen LogP contribution in [0, 0.1) is 0 Å². The summed E-state index contributed by atoms with van der Waals surface area (Å²) in [4.78, 5) is 12.3. The van der Waals surface area contributed by atoms with E-state index in [1.807, 2.05) is 0 Å². The third kappa shape index (κ3) is 1.96. The van der Waals surface area contributed by atoms with Crippen LogP contribution in [0.3, 0.4) is 0 Å². The first kappa shape index (κ1) is 12.1. The van der Waals surface area contributed by atoms with E-state index in [9.17, 15) is 9.18 Å². The fourth-order valence-corrected chi connectivity index (χ4v) is 2.09. The van der Waals surface area contributed by atoms with Crippen LogP contribution in [0.25, 0.3) is 0 Å². The van der Waals surface area contributed by atoms with Crippen LogP contribution in [0.2, 0.25) is 0 Å². The fourth-order valence-electron chi connectivity index (χ4n) is 1.77. The van der Waals surface area contributed by atoms with Gasteiger partial charge in [0.2, 0.25) is 0 Å². The lowest BCUT2D eigenvalue weighted by atomic mass is 9.95. The van der Waals surface area contributed by atoms with Gasteiger partial charge < -0.3 is 15.1 Å². The van der Waals surface area contributed by atoms with Gasteiger partial charge in [-0.25, -0.2) is 9.18 Å². The first-order valence-corrected chi connectivity index (χ1v) is 5.45. The van der Waals surface area contributed by atoms with Crippen molar-refractivity contribution in [3.63, 3.8) is 0 Å². The Morgan fingerprint density at radius 2 is 2.35 bits per heavy atom. The van der Waals surface area contributed by atoms with E-state index in [-0.39, 0.29) is 12.1 Å². The van der Waals surface area contributed by atoms with Crippen LogP contribution < -0.4 is 4.90 Å². The second-order valence-corrected chi connectivity index (χ2v) is 4.43. The molecule has 1 aliphatic heterocycles. The second kappa shape index (κ2) is 4.16. The molecule has 1 aromatic rings. The smallest absolute Gasteiger partial charge is 0.335 e. The third-order valence-electron chi connectivity index (χ3n) is 2.82. The van der Waals surface area contributed by atoms with Crippen molar-refractivity contribution in [2.45, 2.75) is 11.2 Å². The zero-order chi connectivity index (χ0) is 12.6. The number of nitrogens with zero attached hydrogens (tertiary/aromatic N) is 1. The summed E-state index contributed by atoms with van der Waals surface area (Å²) in [6.45, 7) is -0.684. The lowest BCUT2D eigenvalue weighted by Crippen LogP contribution is -2.67. The highest BCUT2D eigenvalue weighted by Gasteiger charge is 2.52. The van der Waals surface area contributed by atoms with Crippen LogP contribution in [-0.2, 0) is 0 Å². The summed E-state index contributed by atoms with van der Waals surface area (Å²) in [5.74, 6) is -1.05. The highest BCUT2D eigenvalue weighted by molar-refractivity contribution is 6.23. The normalized spacial score (nSPS) is 27.7. The molecule has 2 rings (SSSR count). The zero-order valence-corrected chi connectivity index (χ0v) is 9.56. The minimum absolute atomic E-state index is 0.0409. The monoisotopic (exact) mass is 259 g/mol. The van der Waals surface area contributed by atoms with Crippen molar-refractivity contribution in [3.05, 3.63) is 29.8 Å². The number of carbonyl (C=O) groups is 1. The number of hydrogen-bond acceptors (Lipinski definition) is 3. The SMILES string of the molecule is O=C(O)c1cccc(N2CC(F)(CO)C2Cl)c1. The van der Waals surface area contributed by atoms with Crippen molar-refractivity contribution >= 4 is 23.3 Å². The molecule has 0 aliphatic carbocycles. The Labute approximate surface area is 102 Å². The van der Waals surface area contributed by atoms with Crippen LogP contribution in [0.1, 0.15) is 10.4 Å². The van der Waals surface area contributed by atoms with Crippen molar-refractivity contribution in [2.24, 2.45) is 0 Å². The molecule has 2 unspecified atom stereocenters. The fraction of sp³-hybridized carbons (Fsp3) is 0.364. The van der Waals surface area contributed by atoms with Crippen LogP contribution >= 0.6 is 11.6 Å². The maximum absolute atomic E-state index is 13.7. The number of halogens is 2. The molecule has 0 saturated carbocycles. The number of alkyl halides is 2. The number of carboxylic acids is 1. The van der Waals surface area contributed by atoms with Gasteiger partial charge in [-0.05, 0) is 18.2 Å². The van der Waals surface area contributed by atoms with E-state index in [1.54, 1.807) is 12.1 Å². The molecule has 1 aromatic carbocycles. The van der Waals surface area contributed by atoms with Gasteiger partial charge in [0.15, 0.2) is 5.67 Å². The maximum Gasteiger partial charge on any atom is 0.335 e. The molecule has 0 spiro atoms. The van der Waals surface area contributed by atoms with Gasteiger partial charge in [-0.15, -0.1) is 0 Å². The molecule has 17 heavy (non-hydrogen) atoms. The summed E-state index contributed by atoms with van der Waals surface area (Å²) in [6.07, 6.45) is 0. The molecule has 0 amide bonds. The summed E-state index contributed by atoms with van der Waals surface area (Å²) >= 11 is 5.83. The van der Waals surface area contributed by atoms with Gasteiger partial charge in [-0.1, -0.05) is 17.7 Å². The average Bonchev–Trinajstić information content (AvgIpc) is 2.35. The van der Waals surface area contributed by atoms with Crippen molar-refractivity contribution in [1.82, 2.24) is 0 Å². The molecule has 2 atom stereocenters. The molecule has 2 N–H and O–H groups in total. The summed E-state index contributed by atoms with van der Waals surface area (Å²) in [7, 11) is 0. The molecule has 0 aromatic heterocycles. The first-order chi connectivity index (χ1) is 7.98. The van der Waals surface area contributed by atoms with Crippen LogP contribution in [0.5, 0.6) is 0 Å². The number of aromatic carboxylic acids is 1. The molecule has 1 saturated heterocycles. The molecular weight excluding hydrogens is 249 g/mol. The van der Waals surface area contributed by atoms with Gasteiger partial charge in [0.1, 0.15) is 5.50 Å². The summed E-state index contributed by atoms with van der Waals surface area (Å²) < 4.78 is 13.7. The Morgan fingerprint density at radius 3 is 2.88 bits per heavy atom. The Bertz CT molecular complexity index is 456. The molecule has 4 nitrogen and oxygen atoms in total. The molecule has 6 heteroatoms. The van der Waals surface area contributed by atoms with Crippen LogP contribution in [-0.4, -0.2) is 40.5 Å². The molecular formula is C11H11ClFNO3. The molecule has 92 valence electrons. The van der Waals surface area contributed by atoms with Gasteiger partial charge in [-0.2, -0.15) is 0 Å². The summed E-state index contributed by atoms with van der Waals surface area (Å²) in [5, 5.41) is 17.7. The number of benzene rings is 1. The van der Waals surface area contributed by atoms with Gasteiger partial charge in [0.25, 0.3) is 0 Å². The average molecular weight is 260 g/mol. The van der Waals surface area contributed by atoms with E-state index < -0.39 is 23.7 Å². The van der Waals surface area contributed by atoms with Gasteiger partial charge in [0, 0.05) is 5.69 Å². The quantitative estimate of drug-likeness (QED) is 0.637. The minimum atomic E-state index is -1.82. The zero-order valence-electron chi connectivity index (χ0n) is 8.81. The van der Waals surface area contributed by atoms with Gasteiger partial charge in [0.05, 0.1) is 18.7 Å². The Kier molecular flexibility index (Phi) is 2.97. The van der Waals surface area contributed by atoms with Gasteiger partial charge in [-0.3, -0.25) is 0 Å². The maximum atomic E-state index is 13.7. The lowest BCUT2D eigenvalue weighted by Gasteiger charge is -2.49. The van der Waals surface area contributed by atoms with E-state index in [1.165, 1.54) is 17.0 Å². The Hall–Kier alpha value is -1.33. The number of anilines is 1. The number of hydrogen-bond donors (Lipinski definition) is 2. The minimum Gasteiger partial charge on any atom is -0.478 e. The van der Waals surface area contributed by atoms with Crippen LogP contribution in [0.4, 0.5) is 10.1 Å². The Balaban J connectivity index is 2.20. The van der Waals surface area contributed by atoms with Crippen molar-refractivity contribution in [1.29, 1.82) is 0 Å². The van der Waals surface area contributed by atoms with E-state index in [2.05, 4.69) is 0 Å². The van der Waals surface area contributed by atoms with E-state index in [4.69, 9.17) is 21.8 Å². The van der Waals surface area contributed by atoms with Gasteiger partial charge >= 0.3 is 5.97 Å². The summed E-state index contributed by atoms with van der Waals surface area (Å²) in [5.41, 5.74) is -2.14. The first-order valence-electron chi connectivity index (χ1n) is 5.02. The molecule has 0 radical (unpaired) electrons. The molecule has 1 fully saturated rings. The van der Waals surface area contributed by atoms with Crippen LogP contribution in [0.15, 0.2) is 24.3 Å². The van der Waals surface area contributed by atoms with Crippen molar-refractivity contribution in [3.8, 4) is 0 Å². The second-order valence-electron chi connectivity index (χ2n) is 4.01. The van der Waals surface area contributed by atoms with E-state index in [0.29, 0.717) is 5.69 Å². The highest BCUT2D eigenvalue weighted by Crippen LogP contribution is 2.39. The standard InChI is InChI=1S/C11H11ClFNO3/c12-10-11(13,6-15)5-14(10)8-3-1-2-7(4-8)9(16)17/h1-4,10,15H,5-6H2,(H,16,17). The lowest BCUT2D eigenvalue weighted by molar-refractivity contribution is 0.0297. The number of carboxylic acid groups (broad SMARTS) is 1. The van der Waals surface area contributed by atoms with E-state index >= 15 is 0 Å². The third-order valence-corrected chi connectivity index (χ3v) is 3.45. The van der Waals surface area contributed by atoms with Crippen molar-refractivity contribution in [2.75, 3.05) is 18.1 Å². The van der Waals surface area contributed by atoms with E-state index in [0.717, 1.165) is 0 Å². The predicted octanol–water partition coefficient (Wildman–Crippen LogP) is 1.47. The molecule has 1 aliphatic rings. The Morgan fingerprint density at radius 1 is 1.65 bits per heavy atom. The number of aliphatic hydroxyl groups is 1. The van der Waals surface area contributed by atoms with Crippen molar-refractivity contribution < 1.29 is 19.4 Å². The molecule has 1 heterocycles. The largest absolute Gasteiger partial charge is 0.478 e. The molecule has 0 bridgehead atoms.